The first-order valence-corrected chi connectivity index (χ1v) is 10.5. The fraction of sp³-hybridized carbons (Fsp3) is 0.280. The molecule has 0 radical (unpaired) electrons. The van der Waals surface area contributed by atoms with Crippen molar-refractivity contribution in [2.24, 2.45) is 20.5 Å². The van der Waals surface area contributed by atoms with Crippen LogP contribution in [0.1, 0.15) is 45.1 Å². The molecule has 0 atom stereocenters. The Morgan fingerprint density at radius 1 is 0.533 bits per heavy atom. The van der Waals surface area contributed by atoms with Crippen LogP contribution in [0.3, 0.4) is 0 Å². The molecule has 0 saturated carbocycles. The number of hydrogen-bond acceptors (Lipinski definition) is 5. The molecule has 0 aliphatic rings. The third-order valence-corrected chi connectivity index (χ3v) is 4.30. The van der Waals surface area contributed by atoms with E-state index in [0.717, 1.165) is 22.7 Å². The van der Waals surface area contributed by atoms with Gasteiger partial charge in [0.2, 0.25) is 0 Å². The number of anilines is 1. The average molecular weight is 402 g/mol. The van der Waals surface area contributed by atoms with Crippen LogP contribution in [0.15, 0.2) is 93.3 Å². The average Bonchev–Trinajstić information content (AvgIpc) is 2.78. The summed E-state index contributed by atoms with van der Waals surface area (Å²) in [5, 5.41) is 16.8. The maximum atomic E-state index is 5.64. The van der Waals surface area contributed by atoms with Crippen molar-refractivity contribution in [3.63, 3.8) is 0 Å². The lowest BCUT2D eigenvalue weighted by atomic mass is 10.2. The number of azo groups is 2. The fourth-order valence-corrected chi connectivity index (χ4v) is 2.47. The van der Waals surface area contributed by atoms with Gasteiger partial charge in [0.1, 0.15) is 0 Å². The smallest absolute Gasteiger partial charge is 0.0858 e. The zero-order chi connectivity index (χ0) is 21.6. The van der Waals surface area contributed by atoms with Crippen LogP contribution in [0.25, 0.3) is 0 Å². The fourth-order valence-electron chi connectivity index (χ4n) is 2.47. The molecule has 0 aliphatic heterocycles. The molecule has 5 nitrogen and oxygen atoms in total. The van der Waals surface area contributed by atoms with Gasteiger partial charge in [-0.3, -0.25) is 0 Å². The van der Waals surface area contributed by atoms with E-state index in [-0.39, 0.29) is 0 Å². The van der Waals surface area contributed by atoms with Crippen LogP contribution in [0.5, 0.6) is 0 Å². The maximum absolute atomic E-state index is 5.64. The number of aryl methyl sites for hydroxylation is 1. The summed E-state index contributed by atoms with van der Waals surface area (Å²) >= 11 is 0. The summed E-state index contributed by atoms with van der Waals surface area (Å²) in [5.74, 6) is 0. The van der Waals surface area contributed by atoms with E-state index in [1.807, 2.05) is 67.6 Å². The monoisotopic (exact) mass is 401 g/mol. The highest BCUT2D eigenvalue weighted by Gasteiger charge is 1.94. The second-order valence-corrected chi connectivity index (χ2v) is 7.05. The summed E-state index contributed by atoms with van der Waals surface area (Å²) in [6.45, 7) is 6.50. The lowest BCUT2D eigenvalue weighted by Gasteiger charge is -1.96. The summed E-state index contributed by atoms with van der Waals surface area (Å²) in [4.78, 5) is 0. The Kier molecular flexibility index (Phi) is 9.93. The van der Waals surface area contributed by atoms with Crippen LogP contribution in [0, 0.1) is 6.92 Å². The standard InChI is InChI=1S/C19H17N5.C6H14/c1-14-2-6-16(7-3-14)21-23-18-10-12-19(13-11-18)24-22-17-8-4-15(20)5-9-17;1-3-5-6-4-2/h2-13H,20H2,1H3;3-6H2,1-2H3. The van der Waals surface area contributed by atoms with Crippen LogP contribution < -0.4 is 5.73 Å². The molecule has 0 aliphatic carbocycles. The molecule has 3 aromatic carbocycles. The van der Waals surface area contributed by atoms with Crippen molar-refractivity contribution in [1.82, 2.24) is 0 Å². The number of hydrogen-bond donors (Lipinski definition) is 1. The molecule has 0 saturated heterocycles. The molecule has 3 rings (SSSR count). The van der Waals surface area contributed by atoms with Crippen molar-refractivity contribution in [2.75, 3.05) is 5.73 Å². The van der Waals surface area contributed by atoms with Gasteiger partial charge in [-0.05, 0) is 67.6 Å². The molecule has 5 heteroatoms. The largest absolute Gasteiger partial charge is 0.399 e. The highest BCUT2D eigenvalue weighted by molar-refractivity contribution is 5.50. The van der Waals surface area contributed by atoms with Gasteiger partial charge in [-0.2, -0.15) is 20.5 Å². The van der Waals surface area contributed by atoms with E-state index >= 15 is 0 Å². The van der Waals surface area contributed by atoms with Crippen molar-refractivity contribution in [3.8, 4) is 0 Å². The summed E-state index contributed by atoms with van der Waals surface area (Å²) in [6.07, 6.45) is 5.54. The van der Waals surface area contributed by atoms with Gasteiger partial charge >= 0.3 is 0 Å². The second kappa shape index (κ2) is 13.0. The lowest BCUT2D eigenvalue weighted by Crippen LogP contribution is -1.80. The van der Waals surface area contributed by atoms with Gasteiger partial charge < -0.3 is 5.73 Å². The molecule has 0 spiro atoms. The Hall–Kier alpha value is -3.34. The van der Waals surface area contributed by atoms with Gasteiger partial charge in [-0.25, -0.2) is 0 Å². The van der Waals surface area contributed by atoms with Gasteiger partial charge in [0.25, 0.3) is 0 Å². The minimum atomic E-state index is 0.706. The quantitative estimate of drug-likeness (QED) is 0.239. The van der Waals surface area contributed by atoms with Crippen molar-refractivity contribution < 1.29 is 0 Å². The Balaban J connectivity index is 0.000000469. The summed E-state index contributed by atoms with van der Waals surface area (Å²) in [5.41, 5.74) is 10.6. The summed E-state index contributed by atoms with van der Waals surface area (Å²) in [6, 6.07) is 22.5. The highest BCUT2D eigenvalue weighted by Crippen LogP contribution is 2.23. The molecule has 3 aromatic rings. The SMILES string of the molecule is CCCCCC.Cc1ccc(N=Nc2ccc(N=Nc3ccc(N)cc3)cc2)cc1. The minimum Gasteiger partial charge on any atom is -0.399 e. The number of nitrogens with two attached hydrogens (primary N) is 1. The van der Waals surface area contributed by atoms with E-state index in [0.29, 0.717) is 5.69 Å². The van der Waals surface area contributed by atoms with Gasteiger partial charge in [-0.1, -0.05) is 57.2 Å². The molecule has 30 heavy (non-hydrogen) atoms. The van der Waals surface area contributed by atoms with Crippen molar-refractivity contribution in [1.29, 1.82) is 0 Å². The van der Waals surface area contributed by atoms with Crippen molar-refractivity contribution in [3.05, 3.63) is 78.4 Å². The number of benzene rings is 3. The van der Waals surface area contributed by atoms with Crippen LogP contribution >= 0.6 is 0 Å². The van der Waals surface area contributed by atoms with E-state index in [1.54, 1.807) is 12.1 Å². The molecule has 0 unspecified atom stereocenters. The van der Waals surface area contributed by atoms with E-state index in [2.05, 4.69) is 34.3 Å². The molecule has 0 amide bonds. The number of unbranched alkanes of at least 4 members (excludes halogenated alkanes) is 3. The van der Waals surface area contributed by atoms with Crippen LogP contribution in [-0.2, 0) is 0 Å². The van der Waals surface area contributed by atoms with Gasteiger partial charge in [0.05, 0.1) is 22.7 Å². The number of nitrogens with zero attached hydrogens (tertiary/aromatic N) is 4. The highest BCUT2D eigenvalue weighted by atomic mass is 15.1. The zero-order valence-corrected chi connectivity index (χ0v) is 18.1. The third kappa shape index (κ3) is 8.78. The van der Waals surface area contributed by atoms with E-state index in [1.165, 1.54) is 31.2 Å². The van der Waals surface area contributed by atoms with E-state index in [9.17, 15) is 0 Å². The van der Waals surface area contributed by atoms with Crippen LogP contribution in [0.4, 0.5) is 28.4 Å². The first-order chi connectivity index (χ1) is 14.6. The normalized spacial score (nSPS) is 10.9. The molecular formula is C25H31N5. The molecule has 0 fully saturated rings. The number of nitrogen functional groups attached to an aromatic ring is 1. The first kappa shape index (κ1) is 22.9. The minimum absolute atomic E-state index is 0.706. The maximum Gasteiger partial charge on any atom is 0.0858 e. The van der Waals surface area contributed by atoms with Crippen LogP contribution in [0.2, 0.25) is 0 Å². The van der Waals surface area contributed by atoms with E-state index < -0.39 is 0 Å². The van der Waals surface area contributed by atoms with Crippen molar-refractivity contribution in [2.45, 2.75) is 46.5 Å². The number of rotatable bonds is 7. The zero-order valence-electron chi connectivity index (χ0n) is 18.1. The third-order valence-electron chi connectivity index (χ3n) is 4.30. The predicted molar refractivity (Wildman–Crippen MR) is 127 cm³/mol. The Morgan fingerprint density at radius 2 is 0.833 bits per heavy atom. The van der Waals surface area contributed by atoms with E-state index in [4.69, 9.17) is 5.73 Å². The molecule has 156 valence electrons. The predicted octanol–water partition coefficient (Wildman–Crippen LogP) is 8.99. The lowest BCUT2D eigenvalue weighted by molar-refractivity contribution is 0.702. The summed E-state index contributed by atoms with van der Waals surface area (Å²) < 4.78 is 0. The molecular weight excluding hydrogens is 370 g/mol. The first-order valence-electron chi connectivity index (χ1n) is 10.5. The topological polar surface area (TPSA) is 75.5 Å². The summed E-state index contributed by atoms with van der Waals surface area (Å²) in [7, 11) is 0. The molecule has 0 heterocycles. The molecule has 0 bridgehead atoms. The Morgan fingerprint density at radius 3 is 1.17 bits per heavy atom. The van der Waals surface area contributed by atoms with Gasteiger partial charge in [0, 0.05) is 5.69 Å². The Labute approximate surface area is 179 Å². The van der Waals surface area contributed by atoms with Crippen molar-refractivity contribution >= 4 is 28.4 Å². The van der Waals surface area contributed by atoms with Crippen LogP contribution in [-0.4, -0.2) is 0 Å². The van der Waals surface area contributed by atoms with Gasteiger partial charge in [-0.15, -0.1) is 0 Å². The molecule has 0 aromatic heterocycles. The molecule has 2 N–H and O–H groups in total. The Bertz CT molecular complexity index is 833. The second-order valence-electron chi connectivity index (χ2n) is 7.05. The van der Waals surface area contributed by atoms with Gasteiger partial charge in [0.15, 0.2) is 0 Å².